The topological polar surface area (TPSA) is 32.3 Å². The highest BCUT2D eigenvalue weighted by atomic mass is 79.9. The van der Waals surface area contributed by atoms with E-state index < -0.39 is 0 Å². The minimum atomic E-state index is -0.231. The van der Waals surface area contributed by atoms with Gasteiger partial charge in [0, 0.05) is 18.0 Å². The molecule has 2 spiro atoms. The minimum absolute atomic E-state index is 0.0620. The van der Waals surface area contributed by atoms with E-state index in [1.54, 1.807) is 0 Å². The van der Waals surface area contributed by atoms with Crippen molar-refractivity contribution in [3.8, 4) is 0 Å². The fraction of sp³-hybridized carbons (Fsp3) is 0.533. The first-order valence-corrected chi connectivity index (χ1v) is 7.72. The standard InChI is InChI=1S/C15H17BrN2O/c1-10-3-2-8-18-12(10)13(16)17-15(18)7-6-14(4-5-14)11(19)9-15/h2-3,8,17H,4-7,9H2,1H3. The number of allylic oxidation sites excluding steroid dienone is 3. The zero-order valence-electron chi connectivity index (χ0n) is 11.0. The third-order valence-corrected chi connectivity index (χ3v) is 5.70. The highest BCUT2D eigenvalue weighted by Gasteiger charge is 2.58. The predicted octanol–water partition coefficient (Wildman–Crippen LogP) is 3.16. The summed E-state index contributed by atoms with van der Waals surface area (Å²) in [5.74, 6) is 0.452. The van der Waals surface area contributed by atoms with E-state index >= 15 is 0 Å². The van der Waals surface area contributed by atoms with Crippen molar-refractivity contribution >= 4 is 21.7 Å². The number of nitrogens with one attached hydrogen (secondary N) is 1. The molecule has 0 aromatic rings. The van der Waals surface area contributed by atoms with Crippen LogP contribution in [0.1, 0.15) is 39.0 Å². The SMILES string of the molecule is CC1=CC=CN2C1=C(Br)NC21CCC2(CC2)C(=O)C1. The maximum Gasteiger partial charge on any atom is 0.143 e. The Bertz CT molecular complexity index is 571. The van der Waals surface area contributed by atoms with Crippen molar-refractivity contribution in [1.29, 1.82) is 0 Å². The Morgan fingerprint density at radius 1 is 1.32 bits per heavy atom. The van der Waals surface area contributed by atoms with Crippen LogP contribution in [0.5, 0.6) is 0 Å². The van der Waals surface area contributed by atoms with Crippen LogP contribution in [0, 0.1) is 5.41 Å². The third-order valence-electron chi connectivity index (χ3n) is 5.12. The molecule has 19 heavy (non-hydrogen) atoms. The number of hydrogen-bond acceptors (Lipinski definition) is 3. The van der Waals surface area contributed by atoms with Crippen LogP contribution in [-0.2, 0) is 4.79 Å². The molecule has 0 saturated heterocycles. The molecule has 1 unspecified atom stereocenters. The van der Waals surface area contributed by atoms with Gasteiger partial charge in [-0.25, -0.2) is 0 Å². The van der Waals surface area contributed by atoms with Gasteiger partial charge in [0.2, 0.25) is 0 Å². The summed E-state index contributed by atoms with van der Waals surface area (Å²) in [7, 11) is 0. The van der Waals surface area contributed by atoms with E-state index in [1.807, 2.05) is 0 Å². The monoisotopic (exact) mass is 320 g/mol. The third kappa shape index (κ3) is 1.46. The molecule has 4 rings (SSSR count). The zero-order chi connectivity index (χ0) is 13.3. The van der Waals surface area contributed by atoms with Crippen LogP contribution in [-0.4, -0.2) is 16.3 Å². The van der Waals surface area contributed by atoms with Crippen molar-refractivity contribution in [1.82, 2.24) is 10.2 Å². The lowest BCUT2D eigenvalue weighted by molar-refractivity contribution is -0.130. The summed E-state index contributed by atoms with van der Waals surface area (Å²) in [5, 5.41) is 3.55. The van der Waals surface area contributed by atoms with E-state index in [9.17, 15) is 4.79 Å². The summed E-state index contributed by atoms with van der Waals surface area (Å²) in [6.07, 6.45) is 11.2. The van der Waals surface area contributed by atoms with Gasteiger partial charge < -0.3 is 10.2 Å². The van der Waals surface area contributed by atoms with Crippen LogP contribution in [0.3, 0.4) is 0 Å². The van der Waals surface area contributed by atoms with Gasteiger partial charge in [-0.15, -0.1) is 0 Å². The molecule has 0 bridgehead atoms. The highest BCUT2D eigenvalue weighted by Crippen LogP contribution is 2.58. The Balaban J connectivity index is 1.70. The van der Waals surface area contributed by atoms with Crippen molar-refractivity contribution in [2.45, 2.75) is 44.7 Å². The maximum atomic E-state index is 12.5. The first kappa shape index (κ1) is 11.8. The largest absolute Gasteiger partial charge is 0.355 e. The van der Waals surface area contributed by atoms with Gasteiger partial charge in [-0.2, -0.15) is 0 Å². The molecule has 0 radical (unpaired) electrons. The van der Waals surface area contributed by atoms with Crippen molar-refractivity contribution in [3.05, 3.63) is 34.2 Å². The minimum Gasteiger partial charge on any atom is -0.355 e. The number of rotatable bonds is 0. The number of halogens is 1. The van der Waals surface area contributed by atoms with Gasteiger partial charge in [-0.1, -0.05) is 6.08 Å². The lowest BCUT2D eigenvalue weighted by Crippen LogP contribution is -2.55. The van der Waals surface area contributed by atoms with E-state index in [2.05, 4.69) is 51.4 Å². The molecule has 100 valence electrons. The molecule has 2 fully saturated rings. The van der Waals surface area contributed by atoms with E-state index in [0.29, 0.717) is 12.2 Å². The van der Waals surface area contributed by atoms with Gasteiger partial charge in [0.05, 0.1) is 5.70 Å². The van der Waals surface area contributed by atoms with Crippen LogP contribution in [0.15, 0.2) is 34.2 Å². The number of nitrogens with zero attached hydrogens (tertiary/aromatic N) is 1. The molecule has 2 heterocycles. The number of carbonyl (C=O) groups excluding carboxylic acids is 1. The smallest absolute Gasteiger partial charge is 0.143 e. The molecular weight excluding hydrogens is 304 g/mol. The number of fused-ring (bicyclic) bond motifs is 2. The Morgan fingerprint density at radius 2 is 2.05 bits per heavy atom. The van der Waals surface area contributed by atoms with Gasteiger partial charge in [-0.05, 0) is 60.2 Å². The quantitative estimate of drug-likeness (QED) is 0.696. The molecule has 0 aromatic carbocycles. The van der Waals surface area contributed by atoms with Gasteiger partial charge in [0.15, 0.2) is 0 Å². The Morgan fingerprint density at radius 3 is 2.74 bits per heavy atom. The number of carbonyl (C=O) groups is 1. The molecule has 4 heteroatoms. The van der Waals surface area contributed by atoms with Crippen LogP contribution in [0.4, 0.5) is 0 Å². The van der Waals surface area contributed by atoms with Crippen LogP contribution >= 0.6 is 15.9 Å². The fourth-order valence-electron chi connectivity index (χ4n) is 3.70. The lowest BCUT2D eigenvalue weighted by atomic mass is 9.77. The molecule has 2 saturated carbocycles. The molecule has 0 amide bonds. The van der Waals surface area contributed by atoms with E-state index in [0.717, 1.165) is 30.3 Å². The van der Waals surface area contributed by atoms with Gasteiger partial charge >= 0.3 is 0 Å². The highest BCUT2D eigenvalue weighted by molar-refractivity contribution is 9.11. The molecule has 3 nitrogen and oxygen atoms in total. The van der Waals surface area contributed by atoms with Crippen molar-refractivity contribution in [2.75, 3.05) is 0 Å². The molecule has 2 aliphatic carbocycles. The van der Waals surface area contributed by atoms with E-state index in [-0.39, 0.29) is 11.1 Å². The predicted molar refractivity (Wildman–Crippen MR) is 77.1 cm³/mol. The van der Waals surface area contributed by atoms with Gasteiger partial charge in [-0.3, -0.25) is 4.79 Å². The first-order valence-electron chi connectivity index (χ1n) is 6.93. The fourth-order valence-corrected chi connectivity index (χ4v) is 4.57. The van der Waals surface area contributed by atoms with Crippen molar-refractivity contribution in [3.63, 3.8) is 0 Å². The Labute approximate surface area is 121 Å². The summed E-state index contributed by atoms with van der Waals surface area (Å²) in [5.41, 5.74) is 2.25. The summed E-state index contributed by atoms with van der Waals surface area (Å²) in [6.45, 7) is 2.11. The molecular formula is C15H17BrN2O. The summed E-state index contributed by atoms with van der Waals surface area (Å²) < 4.78 is 1.02. The Kier molecular flexibility index (Phi) is 2.19. The van der Waals surface area contributed by atoms with Crippen LogP contribution in [0.2, 0.25) is 0 Å². The van der Waals surface area contributed by atoms with Crippen LogP contribution < -0.4 is 5.32 Å². The van der Waals surface area contributed by atoms with Crippen molar-refractivity contribution in [2.24, 2.45) is 5.41 Å². The number of hydrogen-bond donors (Lipinski definition) is 1. The second kappa shape index (κ2) is 3.54. The second-order valence-electron chi connectivity index (χ2n) is 6.26. The zero-order valence-corrected chi connectivity index (χ0v) is 12.6. The first-order chi connectivity index (χ1) is 9.06. The maximum absolute atomic E-state index is 12.5. The summed E-state index contributed by atoms with van der Waals surface area (Å²) in [6, 6.07) is 0. The molecule has 4 aliphatic rings. The second-order valence-corrected chi connectivity index (χ2v) is 7.05. The van der Waals surface area contributed by atoms with E-state index in [4.69, 9.17) is 0 Å². The summed E-state index contributed by atoms with van der Waals surface area (Å²) in [4.78, 5) is 14.7. The molecule has 1 atom stereocenters. The van der Waals surface area contributed by atoms with Crippen LogP contribution in [0.25, 0.3) is 0 Å². The normalized spacial score (nSPS) is 34.7. The number of ketones is 1. The average Bonchev–Trinajstić information content (AvgIpc) is 3.10. The van der Waals surface area contributed by atoms with E-state index in [1.165, 1.54) is 11.3 Å². The van der Waals surface area contributed by atoms with Gasteiger partial charge in [0.25, 0.3) is 0 Å². The molecule has 0 aromatic heterocycles. The van der Waals surface area contributed by atoms with Crippen molar-refractivity contribution < 1.29 is 4.79 Å². The van der Waals surface area contributed by atoms with Gasteiger partial charge in [0.1, 0.15) is 16.1 Å². The number of Topliss-reactive ketones (excluding diaryl/α,β-unsaturated/α-hetero) is 1. The Hall–Kier alpha value is -1.03. The average molecular weight is 321 g/mol. The molecule has 1 N–H and O–H groups in total. The molecule has 2 aliphatic heterocycles. The lowest BCUT2D eigenvalue weighted by Gasteiger charge is -2.44. The summed E-state index contributed by atoms with van der Waals surface area (Å²) >= 11 is 3.64.